The second kappa shape index (κ2) is 13.5. The van der Waals surface area contributed by atoms with Gasteiger partial charge in [-0.25, -0.2) is 19.6 Å². The molecule has 0 saturated carbocycles. The van der Waals surface area contributed by atoms with Crippen molar-refractivity contribution in [2.45, 2.75) is 38.8 Å². The van der Waals surface area contributed by atoms with Crippen molar-refractivity contribution in [3.8, 4) is 23.7 Å². The minimum atomic E-state index is -0.211. The highest BCUT2D eigenvalue weighted by atomic mass is 35.5. The first kappa shape index (κ1) is 32.9. The number of carbonyl (C=O) groups is 2. The van der Waals surface area contributed by atoms with Crippen LogP contribution in [0.2, 0.25) is 5.02 Å². The Balaban J connectivity index is 0.000000185. The summed E-state index contributed by atoms with van der Waals surface area (Å²) in [5.74, 6) is 13.3. The first-order chi connectivity index (χ1) is 22.3. The van der Waals surface area contributed by atoms with E-state index in [9.17, 15) is 9.59 Å². The monoisotopic (exact) mass is 647 g/mol. The van der Waals surface area contributed by atoms with Crippen LogP contribution in [0.3, 0.4) is 0 Å². The number of likely N-dealkylation sites (N-methyl/N-ethyl adjacent to an activating group) is 2. The lowest BCUT2D eigenvalue weighted by molar-refractivity contribution is 0.197. The van der Waals surface area contributed by atoms with Crippen molar-refractivity contribution in [2.24, 2.45) is 0 Å². The maximum atomic E-state index is 12.3. The molecule has 6 heterocycles. The molecule has 2 saturated heterocycles. The zero-order valence-corrected chi connectivity index (χ0v) is 27.8. The van der Waals surface area contributed by atoms with Crippen molar-refractivity contribution in [2.75, 3.05) is 37.0 Å². The van der Waals surface area contributed by atoms with Gasteiger partial charge in [-0.3, -0.25) is 14.8 Å². The van der Waals surface area contributed by atoms with E-state index in [0.717, 1.165) is 22.3 Å². The molecule has 47 heavy (non-hydrogen) atoms. The van der Waals surface area contributed by atoms with Crippen molar-refractivity contribution >= 4 is 35.3 Å². The average Bonchev–Trinajstić information content (AvgIpc) is 3.41. The van der Waals surface area contributed by atoms with Crippen LogP contribution in [0.1, 0.15) is 49.9 Å². The van der Waals surface area contributed by atoms with Gasteiger partial charge in [0.1, 0.15) is 11.6 Å². The lowest BCUT2D eigenvalue weighted by Crippen LogP contribution is -2.38. The van der Waals surface area contributed by atoms with Crippen LogP contribution in [0.25, 0.3) is 0 Å². The van der Waals surface area contributed by atoms with Gasteiger partial charge >= 0.3 is 12.1 Å². The Morgan fingerprint density at radius 1 is 0.638 bits per heavy atom. The second-order valence-electron chi connectivity index (χ2n) is 12.3. The van der Waals surface area contributed by atoms with Crippen molar-refractivity contribution in [1.82, 2.24) is 34.9 Å². The first-order valence-corrected chi connectivity index (χ1v) is 15.2. The smallest absolute Gasteiger partial charge is 0.320 e. The van der Waals surface area contributed by atoms with Crippen LogP contribution in [-0.4, -0.2) is 85.3 Å². The van der Waals surface area contributed by atoms with E-state index in [4.69, 9.17) is 11.6 Å². The molecule has 0 aromatic carbocycles. The van der Waals surface area contributed by atoms with Gasteiger partial charge in [0.2, 0.25) is 0 Å². The molecule has 0 bridgehead atoms. The molecule has 238 valence electrons. The van der Waals surface area contributed by atoms with E-state index in [1.165, 1.54) is 0 Å². The number of urea groups is 2. The molecule has 2 aliphatic heterocycles. The number of halogens is 1. The third-order valence-electron chi connectivity index (χ3n) is 7.98. The predicted molar refractivity (Wildman–Crippen MR) is 181 cm³/mol. The van der Waals surface area contributed by atoms with E-state index in [1.54, 1.807) is 76.0 Å². The van der Waals surface area contributed by atoms with Crippen LogP contribution in [0.5, 0.6) is 0 Å². The number of hydrogen-bond donors (Lipinski definition) is 0. The maximum absolute atomic E-state index is 12.3. The van der Waals surface area contributed by atoms with E-state index in [0.29, 0.717) is 29.7 Å². The molecule has 0 radical (unpaired) electrons. The Hall–Kier alpha value is -5.52. The highest BCUT2D eigenvalue weighted by Gasteiger charge is 2.42. The van der Waals surface area contributed by atoms with Crippen molar-refractivity contribution < 1.29 is 9.59 Å². The second-order valence-corrected chi connectivity index (χ2v) is 12.7. The molecule has 0 spiro atoms. The number of anilines is 2. The van der Waals surface area contributed by atoms with E-state index in [-0.39, 0.29) is 23.1 Å². The quantitative estimate of drug-likeness (QED) is 0.278. The van der Waals surface area contributed by atoms with Crippen LogP contribution in [-0.2, 0) is 0 Å². The Morgan fingerprint density at radius 2 is 1.13 bits per heavy atom. The third-order valence-corrected chi connectivity index (χ3v) is 8.19. The third kappa shape index (κ3) is 7.66. The molecule has 0 N–H and O–H groups in total. The number of rotatable bonds is 2. The lowest BCUT2D eigenvalue weighted by atomic mass is 10.1. The molecule has 11 nitrogen and oxygen atoms in total. The van der Waals surface area contributed by atoms with Gasteiger partial charge in [-0.1, -0.05) is 35.3 Å². The summed E-state index contributed by atoms with van der Waals surface area (Å²) < 4.78 is 0. The number of nitrogens with zero attached hydrogens (tertiary/aromatic N) is 9. The summed E-state index contributed by atoms with van der Waals surface area (Å²) in [5.41, 5.74) is 2.66. The van der Waals surface area contributed by atoms with Crippen LogP contribution < -0.4 is 9.80 Å². The Bertz CT molecular complexity index is 1890. The zero-order chi connectivity index (χ0) is 33.8. The fourth-order valence-electron chi connectivity index (χ4n) is 4.73. The van der Waals surface area contributed by atoms with Gasteiger partial charge in [-0.2, -0.15) is 10.2 Å². The molecule has 6 rings (SSSR count). The lowest BCUT2D eigenvalue weighted by Gasteiger charge is -2.24. The summed E-state index contributed by atoms with van der Waals surface area (Å²) in [7, 11) is 3.62. The molecular formula is C35H34ClN9O2. The summed E-state index contributed by atoms with van der Waals surface area (Å²) >= 11 is 5.88. The summed E-state index contributed by atoms with van der Waals surface area (Å²) in [6, 6.07) is 10.8. The number of amides is 4. The minimum Gasteiger partial charge on any atom is -0.320 e. The predicted octanol–water partition coefficient (Wildman–Crippen LogP) is 5.10. The van der Waals surface area contributed by atoms with Crippen molar-refractivity contribution in [1.29, 1.82) is 0 Å². The van der Waals surface area contributed by atoms with Crippen LogP contribution in [0.15, 0.2) is 73.6 Å². The van der Waals surface area contributed by atoms with E-state index < -0.39 is 0 Å². The fraction of sp³-hybridized carbons (Fsp3) is 0.286. The number of aromatic nitrogens is 5. The summed E-state index contributed by atoms with van der Waals surface area (Å²) in [6.07, 6.45) is 9.77. The van der Waals surface area contributed by atoms with Crippen LogP contribution in [0, 0.1) is 23.7 Å². The van der Waals surface area contributed by atoms with Gasteiger partial charge in [0.05, 0.1) is 41.6 Å². The molecule has 2 aliphatic rings. The largest absolute Gasteiger partial charge is 0.325 e. The minimum absolute atomic E-state index is 0.0378. The normalized spacial score (nSPS) is 16.1. The highest BCUT2D eigenvalue weighted by molar-refractivity contribution is 6.30. The van der Waals surface area contributed by atoms with Crippen LogP contribution in [0.4, 0.5) is 21.2 Å². The molecule has 12 heteroatoms. The number of carbonyl (C=O) groups excluding carboxylic acids is 2. The Kier molecular flexibility index (Phi) is 9.41. The maximum Gasteiger partial charge on any atom is 0.325 e. The Labute approximate surface area is 279 Å². The first-order valence-electron chi connectivity index (χ1n) is 14.8. The molecule has 4 aromatic heterocycles. The topological polar surface area (TPSA) is 112 Å². The van der Waals surface area contributed by atoms with Gasteiger partial charge in [0.15, 0.2) is 0 Å². The standard InChI is InChI=1S/C18H17ClN4O.C17H17N5O/c1-18(2)12-23(17(24)22(18)3)16-7-6-13(10-21-16)4-5-14-8-15(19)11-20-9-14;1-17(2)12-22(16(23)21(17)3)15-7-6-13(10-18-15)4-5-14-8-9-19-20-11-14/h6-11H,12H2,1-3H3;6-11H,12H2,1-3H3. The zero-order valence-electron chi connectivity index (χ0n) is 27.1. The SMILES string of the molecule is CN1C(=O)N(c2ccc(C#Cc3ccnnc3)cn2)CC1(C)C.CN1C(=O)N(c2ccc(C#Cc3cncc(Cl)c3)cn2)CC1(C)C. The van der Waals surface area contributed by atoms with E-state index >= 15 is 0 Å². The van der Waals surface area contributed by atoms with Gasteiger partial charge in [-0.15, -0.1) is 0 Å². The molecule has 0 atom stereocenters. The van der Waals surface area contributed by atoms with Gasteiger partial charge in [0, 0.05) is 61.1 Å². The average molecular weight is 648 g/mol. The molecule has 4 amide bonds. The van der Waals surface area contributed by atoms with Gasteiger partial charge in [-0.05, 0) is 64.1 Å². The Morgan fingerprint density at radius 3 is 1.51 bits per heavy atom. The van der Waals surface area contributed by atoms with Crippen molar-refractivity contribution in [3.05, 3.63) is 101 Å². The summed E-state index contributed by atoms with van der Waals surface area (Å²) in [5, 5.41) is 8.04. The van der Waals surface area contributed by atoms with E-state index in [2.05, 4.69) is 48.8 Å². The number of hydrogen-bond acceptors (Lipinski definition) is 7. The fourth-order valence-corrected chi connectivity index (χ4v) is 4.91. The van der Waals surface area contributed by atoms with Crippen molar-refractivity contribution in [3.63, 3.8) is 0 Å². The molecule has 0 unspecified atom stereocenters. The van der Waals surface area contributed by atoms with Crippen LogP contribution >= 0.6 is 11.6 Å². The summed E-state index contributed by atoms with van der Waals surface area (Å²) in [6.45, 7) is 9.35. The highest BCUT2D eigenvalue weighted by Crippen LogP contribution is 2.29. The van der Waals surface area contributed by atoms with E-state index in [1.807, 2.05) is 59.0 Å². The molecule has 4 aromatic rings. The van der Waals surface area contributed by atoms with Gasteiger partial charge < -0.3 is 9.80 Å². The van der Waals surface area contributed by atoms with Gasteiger partial charge in [0.25, 0.3) is 0 Å². The summed E-state index contributed by atoms with van der Waals surface area (Å²) in [4.78, 5) is 44.2. The molecular weight excluding hydrogens is 614 g/mol. The molecule has 0 aliphatic carbocycles. The molecule has 2 fully saturated rings. The number of pyridine rings is 3.